The van der Waals surface area contributed by atoms with Crippen LogP contribution in [0.15, 0.2) is 30.3 Å². The molecule has 2 aromatic rings. The fourth-order valence-electron chi connectivity index (χ4n) is 3.24. The number of carbonyl (C=O) groups excluding carboxylic acids is 3. The number of anilines is 2. The van der Waals surface area contributed by atoms with E-state index in [0.29, 0.717) is 26.3 Å². The summed E-state index contributed by atoms with van der Waals surface area (Å²) in [6, 6.07) is 8.48. The molecule has 0 spiro atoms. The van der Waals surface area contributed by atoms with Crippen molar-refractivity contribution in [2.24, 2.45) is 0 Å². The van der Waals surface area contributed by atoms with Crippen molar-refractivity contribution >= 4 is 52.2 Å². The Labute approximate surface area is 183 Å². The quantitative estimate of drug-likeness (QED) is 0.768. The van der Waals surface area contributed by atoms with Crippen molar-refractivity contribution in [3.8, 4) is 5.75 Å². The van der Waals surface area contributed by atoms with Gasteiger partial charge in [-0.2, -0.15) is 0 Å². The number of rotatable bonds is 4. The number of benzene rings is 1. The van der Waals surface area contributed by atoms with Crippen LogP contribution in [0.4, 0.5) is 16.2 Å². The van der Waals surface area contributed by atoms with Crippen LogP contribution in [0.3, 0.4) is 0 Å². The number of carbonyl (C=O) groups is 3. The number of amides is 3. The minimum Gasteiger partial charge on any atom is -0.479 e. The number of fused-ring (bicyclic) bond motifs is 1. The standard InChI is InChI=1S/C19H18ClN3O5S.CH4/c1-10-18(25)22(2)13-4-3-11(7-14(13)27-10)23-9-12(28-19(23)26)8-21-17(24)15-5-6-16(20)29-15;/h3-7,10,12H,8-9H2,1-2H3,(H,21,24);1H4/t10?,12-;/m0./s1. The van der Waals surface area contributed by atoms with E-state index >= 15 is 0 Å². The van der Waals surface area contributed by atoms with Crippen molar-refractivity contribution in [1.82, 2.24) is 5.32 Å². The summed E-state index contributed by atoms with van der Waals surface area (Å²) in [5.74, 6) is 0.130. The maximum atomic E-state index is 12.3. The smallest absolute Gasteiger partial charge is 0.414 e. The van der Waals surface area contributed by atoms with Crippen LogP contribution >= 0.6 is 22.9 Å². The molecule has 1 aromatic carbocycles. The summed E-state index contributed by atoms with van der Waals surface area (Å²) in [6.07, 6.45) is -1.58. The van der Waals surface area contributed by atoms with Gasteiger partial charge in [-0.1, -0.05) is 19.0 Å². The summed E-state index contributed by atoms with van der Waals surface area (Å²) >= 11 is 7.03. The van der Waals surface area contributed by atoms with Crippen LogP contribution in [-0.2, 0) is 9.53 Å². The Hall–Kier alpha value is -2.78. The van der Waals surface area contributed by atoms with Crippen molar-refractivity contribution in [2.45, 2.75) is 26.6 Å². The molecule has 1 saturated heterocycles. The second-order valence-corrected chi connectivity index (χ2v) is 8.45. The molecule has 1 aromatic heterocycles. The molecule has 2 aliphatic rings. The molecule has 3 heterocycles. The van der Waals surface area contributed by atoms with Gasteiger partial charge in [-0.3, -0.25) is 14.5 Å². The zero-order chi connectivity index (χ0) is 20.7. The highest BCUT2D eigenvalue weighted by Crippen LogP contribution is 2.37. The van der Waals surface area contributed by atoms with E-state index in [1.54, 1.807) is 44.3 Å². The number of thiophene rings is 1. The maximum absolute atomic E-state index is 12.3. The van der Waals surface area contributed by atoms with E-state index in [1.165, 1.54) is 21.1 Å². The van der Waals surface area contributed by atoms with Crippen molar-refractivity contribution in [3.63, 3.8) is 0 Å². The first-order chi connectivity index (χ1) is 13.8. The zero-order valence-electron chi connectivity index (χ0n) is 15.7. The lowest BCUT2D eigenvalue weighted by atomic mass is 10.1. The highest BCUT2D eigenvalue weighted by atomic mass is 35.5. The van der Waals surface area contributed by atoms with E-state index < -0.39 is 18.3 Å². The summed E-state index contributed by atoms with van der Waals surface area (Å²) in [7, 11) is 1.68. The minimum absolute atomic E-state index is 0. The molecule has 8 nitrogen and oxygen atoms in total. The number of likely N-dealkylation sites (N-methyl/N-ethyl adjacent to an activating group) is 1. The molecule has 4 rings (SSSR count). The van der Waals surface area contributed by atoms with Crippen molar-refractivity contribution in [2.75, 3.05) is 29.9 Å². The molecule has 10 heteroatoms. The Balaban J connectivity index is 0.00000256. The van der Waals surface area contributed by atoms with Crippen LogP contribution < -0.4 is 19.9 Å². The number of hydrogen-bond acceptors (Lipinski definition) is 6. The van der Waals surface area contributed by atoms with Gasteiger partial charge in [0.2, 0.25) is 0 Å². The number of hydrogen-bond donors (Lipinski definition) is 1. The normalized spacial score (nSPS) is 20.2. The number of nitrogens with one attached hydrogen (secondary N) is 1. The van der Waals surface area contributed by atoms with Gasteiger partial charge in [0.05, 0.1) is 33.7 Å². The molecular weight excluding hydrogens is 430 g/mol. The number of halogens is 1. The van der Waals surface area contributed by atoms with Gasteiger partial charge in [-0.25, -0.2) is 4.79 Å². The largest absolute Gasteiger partial charge is 0.479 e. The monoisotopic (exact) mass is 451 g/mol. The lowest BCUT2D eigenvalue weighted by Crippen LogP contribution is -2.42. The molecule has 0 aliphatic carbocycles. The van der Waals surface area contributed by atoms with Gasteiger partial charge in [-0.15, -0.1) is 11.3 Å². The number of cyclic esters (lactones) is 1. The highest BCUT2D eigenvalue weighted by Gasteiger charge is 2.35. The van der Waals surface area contributed by atoms with Crippen LogP contribution in [0.25, 0.3) is 0 Å². The molecule has 1 N–H and O–H groups in total. The molecule has 2 atom stereocenters. The molecular formula is C20H22ClN3O5S. The van der Waals surface area contributed by atoms with Crippen molar-refractivity contribution < 1.29 is 23.9 Å². The van der Waals surface area contributed by atoms with Gasteiger partial charge in [0, 0.05) is 13.1 Å². The van der Waals surface area contributed by atoms with E-state index in [0.717, 1.165) is 0 Å². The fraction of sp³-hybridized carbons (Fsp3) is 0.350. The Morgan fingerprint density at radius 3 is 2.73 bits per heavy atom. The van der Waals surface area contributed by atoms with Gasteiger partial charge in [0.1, 0.15) is 11.9 Å². The van der Waals surface area contributed by atoms with Crippen molar-refractivity contribution in [1.29, 1.82) is 0 Å². The average Bonchev–Trinajstić information content (AvgIpc) is 3.29. The predicted octanol–water partition coefficient (Wildman–Crippen LogP) is 3.54. The van der Waals surface area contributed by atoms with E-state index in [-0.39, 0.29) is 32.3 Å². The number of ether oxygens (including phenoxy) is 2. The predicted molar refractivity (Wildman–Crippen MR) is 116 cm³/mol. The summed E-state index contributed by atoms with van der Waals surface area (Å²) < 4.78 is 11.6. The average molecular weight is 452 g/mol. The second-order valence-electron chi connectivity index (χ2n) is 6.74. The van der Waals surface area contributed by atoms with E-state index in [9.17, 15) is 14.4 Å². The number of nitrogens with zero attached hydrogens (tertiary/aromatic N) is 2. The van der Waals surface area contributed by atoms with Crippen LogP contribution in [0, 0.1) is 0 Å². The maximum Gasteiger partial charge on any atom is 0.414 e. The van der Waals surface area contributed by atoms with Crippen LogP contribution in [-0.4, -0.2) is 50.3 Å². The molecule has 0 radical (unpaired) electrons. The lowest BCUT2D eigenvalue weighted by Gasteiger charge is -2.31. The summed E-state index contributed by atoms with van der Waals surface area (Å²) in [6.45, 7) is 2.15. The first kappa shape index (κ1) is 21.9. The molecule has 0 saturated carbocycles. The zero-order valence-corrected chi connectivity index (χ0v) is 17.2. The summed E-state index contributed by atoms with van der Waals surface area (Å²) in [4.78, 5) is 40.0. The molecule has 160 valence electrons. The molecule has 3 amide bonds. The Bertz CT molecular complexity index is 995. The molecule has 1 unspecified atom stereocenters. The first-order valence-corrected chi connectivity index (χ1v) is 10.1. The van der Waals surface area contributed by atoms with Crippen LogP contribution in [0.2, 0.25) is 4.34 Å². The van der Waals surface area contributed by atoms with Crippen LogP contribution in [0.1, 0.15) is 24.0 Å². The van der Waals surface area contributed by atoms with Gasteiger partial charge in [-0.05, 0) is 31.2 Å². The molecule has 30 heavy (non-hydrogen) atoms. The van der Waals surface area contributed by atoms with Gasteiger partial charge < -0.3 is 19.7 Å². The highest BCUT2D eigenvalue weighted by molar-refractivity contribution is 7.18. The lowest BCUT2D eigenvalue weighted by molar-refractivity contribution is -0.125. The van der Waals surface area contributed by atoms with E-state index in [4.69, 9.17) is 21.1 Å². The first-order valence-electron chi connectivity index (χ1n) is 8.93. The van der Waals surface area contributed by atoms with E-state index in [1.807, 2.05) is 0 Å². The minimum atomic E-state index is -0.595. The van der Waals surface area contributed by atoms with Crippen molar-refractivity contribution in [3.05, 3.63) is 39.5 Å². The summed E-state index contributed by atoms with van der Waals surface area (Å²) in [5, 5.41) is 2.75. The van der Waals surface area contributed by atoms with Gasteiger partial charge >= 0.3 is 6.09 Å². The Morgan fingerprint density at radius 2 is 2.03 bits per heavy atom. The summed E-state index contributed by atoms with van der Waals surface area (Å²) in [5.41, 5.74) is 1.24. The van der Waals surface area contributed by atoms with Crippen LogP contribution in [0.5, 0.6) is 5.75 Å². The molecule has 0 bridgehead atoms. The second kappa shape index (κ2) is 8.53. The SMILES string of the molecule is C.CC1Oc2cc(N3C[C@H](CNC(=O)c4ccc(Cl)s4)OC3=O)ccc2N(C)C1=O. The Morgan fingerprint density at radius 1 is 1.27 bits per heavy atom. The fourth-order valence-corrected chi connectivity index (χ4v) is 4.20. The molecule has 1 fully saturated rings. The third kappa shape index (κ3) is 4.08. The van der Waals surface area contributed by atoms with Gasteiger partial charge in [0.25, 0.3) is 11.8 Å². The van der Waals surface area contributed by atoms with Gasteiger partial charge in [0.15, 0.2) is 6.10 Å². The topological polar surface area (TPSA) is 88.2 Å². The third-order valence-corrected chi connectivity index (χ3v) is 5.99. The van der Waals surface area contributed by atoms with E-state index in [2.05, 4.69) is 5.32 Å². The molecule has 2 aliphatic heterocycles. The third-order valence-electron chi connectivity index (χ3n) is 4.76. The Kier molecular flexibility index (Phi) is 6.23.